The van der Waals surface area contributed by atoms with Gasteiger partial charge in [0.1, 0.15) is 23.9 Å². The van der Waals surface area contributed by atoms with Gasteiger partial charge in [-0.3, -0.25) is 9.59 Å². The van der Waals surface area contributed by atoms with E-state index in [0.717, 1.165) is 33.9 Å². The lowest BCUT2D eigenvalue weighted by Gasteiger charge is -2.34. The Morgan fingerprint density at radius 1 is 0.949 bits per heavy atom. The molecule has 0 atom stereocenters. The number of imidazole rings is 1. The van der Waals surface area contributed by atoms with Gasteiger partial charge in [-0.25, -0.2) is 4.98 Å². The molecule has 1 saturated heterocycles. The van der Waals surface area contributed by atoms with E-state index >= 15 is 0 Å². The third-order valence-corrected chi connectivity index (χ3v) is 6.82. The molecule has 5 rings (SSSR count). The first kappa shape index (κ1) is 25.8. The average Bonchev–Trinajstić information content (AvgIpc) is 3.40. The van der Waals surface area contributed by atoms with E-state index in [9.17, 15) is 9.59 Å². The molecule has 0 unspecified atom stereocenters. The number of carbonyl (C=O) groups excluding carboxylic acids is 2. The molecule has 4 aromatic rings. The van der Waals surface area contributed by atoms with E-state index in [0.29, 0.717) is 24.7 Å². The van der Waals surface area contributed by atoms with Gasteiger partial charge in [0, 0.05) is 42.3 Å². The highest BCUT2D eigenvalue weighted by Crippen LogP contribution is 2.26. The number of hydrogen-bond donors (Lipinski definition) is 0. The maximum Gasteiger partial charge on any atom is 0.246 e. The van der Waals surface area contributed by atoms with Crippen LogP contribution in [0.2, 0.25) is 0 Å². The van der Waals surface area contributed by atoms with Crippen molar-refractivity contribution in [3.63, 3.8) is 0 Å². The zero-order valence-electron chi connectivity index (χ0n) is 22.0. The standard InChI is InChI=1S/C31H30N4O4/c1-4-22-8-12-24(13-9-22)35-20-28(23-10-14-26(38-2)15-11-23)32-29(35)19-30(36)33-16-17-34(31(37)21-33)25-6-5-7-27(18-25)39-3/h4-15,18,20H,1,16-17,19,21H2,2-3H3. The molecule has 8 nitrogen and oxygen atoms in total. The minimum Gasteiger partial charge on any atom is -0.497 e. The summed E-state index contributed by atoms with van der Waals surface area (Å²) in [4.78, 5) is 34.6. The van der Waals surface area contributed by atoms with E-state index in [4.69, 9.17) is 14.5 Å². The summed E-state index contributed by atoms with van der Waals surface area (Å²) in [6.07, 6.45) is 3.78. The molecular formula is C31H30N4O4. The normalized spacial score (nSPS) is 13.3. The average molecular weight is 523 g/mol. The molecule has 1 aliphatic heterocycles. The van der Waals surface area contributed by atoms with Gasteiger partial charge >= 0.3 is 0 Å². The minimum atomic E-state index is -0.149. The van der Waals surface area contributed by atoms with Crippen molar-refractivity contribution in [2.75, 3.05) is 38.8 Å². The number of hydrogen-bond acceptors (Lipinski definition) is 5. The molecule has 0 aliphatic carbocycles. The van der Waals surface area contributed by atoms with Crippen LogP contribution in [0.25, 0.3) is 23.0 Å². The first-order chi connectivity index (χ1) is 19.0. The minimum absolute atomic E-state index is 0.0100. The zero-order chi connectivity index (χ0) is 27.4. The highest BCUT2D eigenvalue weighted by atomic mass is 16.5. The molecular weight excluding hydrogens is 492 g/mol. The maximum atomic E-state index is 13.4. The van der Waals surface area contributed by atoms with Gasteiger partial charge in [-0.1, -0.05) is 30.9 Å². The van der Waals surface area contributed by atoms with Crippen molar-refractivity contribution in [1.82, 2.24) is 14.5 Å². The first-order valence-corrected chi connectivity index (χ1v) is 12.7. The van der Waals surface area contributed by atoms with E-state index in [2.05, 4.69) is 6.58 Å². The van der Waals surface area contributed by atoms with Crippen LogP contribution < -0.4 is 14.4 Å². The number of carbonyl (C=O) groups is 2. The summed E-state index contributed by atoms with van der Waals surface area (Å²) < 4.78 is 12.5. The Hall–Kier alpha value is -4.85. The topological polar surface area (TPSA) is 76.9 Å². The lowest BCUT2D eigenvalue weighted by atomic mass is 10.1. The molecule has 0 bridgehead atoms. The molecule has 0 saturated carbocycles. The smallest absolute Gasteiger partial charge is 0.246 e. The lowest BCUT2D eigenvalue weighted by Crippen LogP contribution is -2.52. The van der Waals surface area contributed by atoms with Crippen LogP contribution in [0.4, 0.5) is 5.69 Å². The zero-order valence-corrected chi connectivity index (χ0v) is 22.0. The van der Waals surface area contributed by atoms with Crippen LogP contribution in [0, 0.1) is 0 Å². The first-order valence-electron chi connectivity index (χ1n) is 12.7. The summed E-state index contributed by atoms with van der Waals surface area (Å²) in [5.41, 5.74) is 4.29. The Morgan fingerprint density at radius 2 is 1.69 bits per heavy atom. The Balaban J connectivity index is 1.38. The van der Waals surface area contributed by atoms with Gasteiger partial charge in [0.25, 0.3) is 0 Å². The number of nitrogens with zero attached hydrogens (tertiary/aromatic N) is 4. The van der Waals surface area contributed by atoms with Gasteiger partial charge in [0.2, 0.25) is 11.8 Å². The van der Waals surface area contributed by atoms with Crippen LogP contribution in [-0.2, 0) is 16.0 Å². The maximum absolute atomic E-state index is 13.4. The van der Waals surface area contributed by atoms with E-state index < -0.39 is 0 Å². The molecule has 1 fully saturated rings. The Labute approximate surface area is 227 Å². The van der Waals surface area contributed by atoms with Crippen LogP contribution in [-0.4, -0.2) is 60.1 Å². The third kappa shape index (κ3) is 5.55. The SMILES string of the molecule is C=Cc1ccc(-n2cc(-c3ccc(OC)cc3)nc2CC(=O)N2CCN(c3cccc(OC)c3)C(=O)C2)cc1. The molecule has 2 heterocycles. The number of rotatable bonds is 8. The second-order valence-electron chi connectivity index (χ2n) is 9.18. The monoisotopic (exact) mass is 522 g/mol. The lowest BCUT2D eigenvalue weighted by molar-refractivity contribution is -0.136. The summed E-state index contributed by atoms with van der Waals surface area (Å²) in [7, 11) is 3.22. The number of amides is 2. The highest BCUT2D eigenvalue weighted by molar-refractivity contribution is 5.98. The quantitative estimate of drug-likeness (QED) is 0.338. The van der Waals surface area contributed by atoms with Gasteiger partial charge in [0.15, 0.2) is 0 Å². The largest absolute Gasteiger partial charge is 0.497 e. The van der Waals surface area contributed by atoms with E-state index in [1.807, 2.05) is 83.6 Å². The van der Waals surface area contributed by atoms with Gasteiger partial charge < -0.3 is 23.8 Å². The summed E-state index contributed by atoms with van der Waals surface area (Å²) in [5, 5.41) is 0. The molecule has 1 aromatic heterocycles. The van der Waals surface area contributed by atoms with Gasteiger partial charge in [-0.05, 0) is 54.1 Å². The van der Waals surface area contributed by atoms with Crippen molar-refractivity contribution in [2.45, 2.75) is 6.42 Å². The van der Waals surface area contributed by atoms with Crippen LogP contribution in [0.3, 0.4) is 0 Å². The Morgan fingerprint density at radius 3 is 2.36 bits per heavy atom. The van der Waals surface area contributed by atoms with E-state index in [1.54, 1.807) is 30.1 Å². The predicted octanol–water partition coefficient (Wildman–Crippen LogP) is 4.62. The van der Waals surface area contributed by atoms with Gasteiger partial charge in [0.05, 0.1) is 26.3 Å². The number of anilines is 1. The Bertz CT molecular complexity index is 1490. The number of ether oxygens (including phenoxy) is 2. The number of methoxy groups -OCH3 is 2. The molecule has 1 aliphatic rings. The second-order valence-corrected chi connectivity index (χ2v) is 9.18. The summed E-state index contributed by atoms with van der Waals surface area (Å²) in [6.45, 7) is 4.67. The van der Waals surface area contributed by atoms with Crippen LogP contribution in [0.5, 0.6) is 11.5 Å². The summed E-state index contributed by atoms with van der Waals surface area (Å²) in [6, 6.07) is 22.9. The molecule has 198 valence electrons. The van der Waals surface area contributed by atoms with Crippen molar-refractivity contribution in [3.05, 3.63) is 97.0 Å². The number of aromatic nitrogens is 2. The van der Waals surface area contributed by atoms with Crippen molar-refractivity contribution >= 4 is 23.6 Å². The van der Waals surface area contributed by atoms with Gasteiger partial charge in [-0.15, -0.1) is 0 Å². The fourth-order valence-electron chi connectivity index (χ4n) is 4.62. The fraction of sp³-hybridized carbons (Fsp3) is 0.194. The van der Waals surface area contributed by atoms with Crippen LogP contribution >= 0.6 is 0 Å². The number of piperazine rings is 1. The molecule has 2 amide bonds. The molecule has 39 heavy (non-hydrogen) atoms. The summed E-state index contributed by atoms with van der Waals surface area (Å²) >= 11 is 0. The molecule has 3 aromatic carbocycles. The second kappa shape index (κ2) is 11.3. The third-order valence-electron chi connectivity index (χ3n) is 6.82. The highest BCUT2D eigenvalue weighted by Gasteiger charge is 2.29. The predicted molar refractivity (Wildman–Crippen MR) is 151 cm³/mol. The van der Waals surface area contributed by atoms with Gasteiger partial charge in [-0.2, -0.15) is 0 Å². The van der Waals surface area contributed by atoms with Crippen molar-refractivity contribution < 1.29 is 19.1 Å². The van der Waals surface area contributed by atoms with Crippen molar-refractivity contribution in [1.29, 1.82) is 0 Å². The molecule has 0 radical (unpaired) electrons. The van der Waals surface area contributed by atoms with E-state index in [-0.39, 0.29) is 24.8 Å². The van der Waals surface area contributed by atoms with Crippen molar-refractivity contribution in [3.8, 4) is 28.4 Å². The molecule has 0 N–H and O–H groups in total. The number of benzene rings is 3. The molecule has 8 heteroatoms. The van der Waals surface area contributed by atoms with Crippen molar-refractivity contribution in [2.24, 2.45) is 0 Å². The Kier molecular flexibility index (Phi) is 7.45. The summed E-state index contributed by atoms with van der Waals surface area (Å²) in [5.74, 6) is 1.75. The fourth-order valence-corrected chi connectivity index (χ4v) is 4.62. The molecule has 0 spiro atoms. The van der Waals surface area contributed by atoms with Crippen LogP contribution in [0.15, 0.2) is 85.6 Å². The van der Waals surface area contributed by atoms with Crippen LogP contribution in [0.1, 0.15) is 11.4 Å². The van der Waals surface area contributed by atoms with E-state index in [1.165, 1.54) is 0 Å².